The van der Waals surface area contributed by atoms with Crippen molar-refractivity contribution >= 4 is 12.4 Å². The molecule has 4 rings (SSSR count). The molecular weight excluding hydrogens is 292 g/mol. The standard InChI is InChI=1S/C19H22N2.ClH/c1-2-4-16(5-3-1)17-8-6-15(7-9-17)12-21-13-18-10-20-11-19(18)14-21;/h1-9,18-20H,10-14H2;1H/t18-,19+;. The second kappa shape index (κ2) is 6.82. The van der Waals surface area contributed by atoms with Gasteiger partial charge in [0.15, 0.2) is 0 Å². The van der Waals surface area contributed by atoms with Crippen LogP contribution in [0.15, 0.2) is 54.6 Å². The molecule has 2 aromatic carbocycles. The van der Waals surface area contributed by atoms with E-state index in [-0.39, 0.29) is 12.4 Å². The number of hydrogen-bond acceptors (Lipinski definition) is 2. The molecule has 2 fully saturated rings. The van der Waals surface area contributed by atoms with Gasteiger partial charge in [-0.3, -0.25) is 4.90 Å². The zero-order chi connectivity index (χ0) is 14.1. The first-order valence-electron chi connectivity index (χ1n) is 7.96. The number of halogens is 1. The quantitative estimate of drug-likeness (QED) is 0.934. The van der Waals surface area contributed by atoms with E-state index in [4.69, 9.17) is 0 Å². The van der Waals surface area contributed by atoms with Gasteiger partial charge in [-0.15, -0.1) is 12.4 Å². The van der Waals surface area contributed by atoms with Gasteiger partial charge in [0.2, 0.25) is 0 Å². The van der Waals surface area contributed by atoms with Crippen molar-refractivity contribution in [3.63, 3.8) is 0 Å². The van der Waals surface area contributed by atoms with E-state index < -0.39 is 0 Å². The van der Waals surface area contributed by atoms with Crippen LogP contribution in [0.1, 0.15) is 5.56 Å². The van der Waals surface area contributed by atoms with Crippen LogP contribution in [-0.2, 0) is 6.54 Å². The van der Waals surface area contributed by atoms with Gasteiger partial charge in [0.05, 0.1) is 0 Å². The highest BCUT2D eigenvalue weighted by Gasteiger charge is 2.35. The highest BCUT2D eigenvalue weighted by atomic mass is 35.5. The molecule has 3 heteroatoms. The molecule has 2 heterocycles. The summed E-state index contributed by atoms with van der Waals surface area (Å²) in [6, 6.07) is 19.7. The van der Waals surface area contributed by atoms with Crippen molar-refractivity contribution in [2.45, 2.75) is 6.54 Å². The molecule has 116 valence electrons. The molecule has 0 saturated carbocycles. The summed E-state index contributed by atoms with van der Waals surface area (Å²) in [4.78, 5) is 2.62. The molecule has 0 bridgehead atoms. The second-order valence-corrected chi connectivity index (χ2v) is 6.44. The first-order chi connectivity index (χ1) is 10.4. The van der Waals surface area contributed by atoms with Crippen molar-refractivity contribution < 1.29 is 0 Å². The molecule has 2 aromatic rings. The van der Waals surface area contributed by atoms with Crippen molar-refractivity contribution in [3.05, 3.63) is 60.2 Å². The minimum Gasteiger partial charge on any atom is -0.316 e. The molecule has 0 amide bonds. The van der Waals surface area contributed by atoms with Gasteiger partial charge in [-0.25, -0.2) is 0 Å². The molecule has 0 unspecified atom stereocenters. The number of rotatable bonds is 3. The summed E-state index contributed by atoms with van der Waals surface area (Å²) in [7, 11) is 0. The first kappa shape index (κ1) is 15.5. The predicted molar refractivity (Wildman–Crippen MR) is 94.3 cm³/mol. The molecular formula is C19H23ClN2. The fourth-order valence-electron chi connectivity index (χ4n) is 3.77. The molecule has 2 aliphatic heterocycles. The predicted octanol–water partition coefficient (Wildman–Crippen LogP) is 3.43. The summed E-state index contributed by atoms with van der Waals surface area (Å²) in [5, 5.41) is 3.51. The Morgan fingerprint density at radius 2 is 1.41 bits per heavy atom. The van der Waals surface area contributed by atoms with Crippen LogP contribution in [0.4, 0.5) is 0 Å². The lowest BCUT2D eigenvalue weighted by Crippen LogP contribution is -2.25. The van der Waals surface area contributed by atoms with E-state index in [1.54, 1.807) is 0 Å². The number of nitrogens with one attached hydrogen (secondary N) is 1. The zero-order valence-corrected chi connectivity index (χ0v) is 13.6. The summed E-state index contributed by atoms with van der Waals surface area (Å²) in [5.74, 6) is 1.77. The van der Waals surface area contributed by atoms with Crippen molar-refractivity contribution in [2.24, 2.45) is 11.8 Å². The monoisotopic (exact) mass is 314 g/mol. The topological polar surface area (TPSA) is 15.3 Å². The van der Waals surface area contributed by atoms with Gasteiger partial charge >= 0.3 is 0 Å². The highest BCUT2D eigenvalue weighted by molar-refractivity contribution is 5.85. The summed E-state index contributed by atoms with van der Waals surface area (Å²) in [6.07, 6.45) is 0. The van der Waals surface area contributed by atoms with E-state index in [9.17, 15) is 0 Å². The Balaban J connectivity index is 0.00000144. The van der Waals surface area contributed by atoms with Crippen LogP contribution in [0, 0.1) is 11.8 Å². The number of benzene rings is 2. The van der Waals surface area contributed by atoms with Crippen LogP contribution < -0.4 is 5.32 Å². The fourth-order valence-corrected chi connectivity index (χ4v) is 3.77. The van der Waals surface area contributed by atoms with Gasteiger partial charge in [0.1, 0.15) is 0 Å². The Morgan fingerprint density at radius 3 is 2.05 bits per heavy atom. The third-order valence-electron chi connectivity index (χ3n) is 4.93. The number of hydrogen-bond donors (Lipinski definition) is 1. The molecule has 2 saturated heterocycles. The summed E-state index contributed by atoms with van der Waals surface area (Å²) in [5.41, 5.74) is 4.04. The SMILES string of the molecule is Cl.c1ccc(-c2ccc(CN3C[C@H]4CNC[C@H]4C3)cc2)cc1. The molecule has 1 N–H and O–H groups in total. The summed E-state index contributed by atoms with van der Waals surface area (Å²) >= 11 is 0. The van der Waals surface area contributed by atoms with E-state index in [1.165, 1.54) is 42.9 Å². The number of fused-ring (bicyclic) bond motifs is 1. The van der Waals surface area contributed by atoms with Gasteiger partial charge in [-0.1, -0.05) is 54.6 Å². The molecule has 0 radical (unpaired) electrons. The number of nitrogens with zero attached hydrogens (tertiary/aromatic N) is 1. The van der Waals surface area contributed by atoms with Gasteiger partial charge in [0, 0.05) is 19.6 Å². The lowest BCUT2D eigenvalue weighted by Gasteiger charge is -2.17. The van der Waals surface area contributed by atoms with Gasteiger partial charge < -0.3 is 5.32 Å². The van der Waals surface area contributed by atoms with E-state index in [0.29, 0.717) is 0 Å². The van der Waals surface area contributed by atoms with Gasteiger partial charge in [0.25, 0.3) is 0 Å². The molecule has 0 aliphatic carbocycles. The van der Waals surface area contributed by atoms with E-state index >= 15 is 0 Å². The third-order valence-corrected chi connectivity index (χ3v) is 4.93. The van der Waals surface area contributed by atoms with Crippen LogP contribution in [0.25, 0.3) is 11.1 Å². The highest BCUT2D eigenvalue weighted by Crippen LogP contribution is 2.28. The van der Waals surface area contributed by atoms with E-state index in [2.05, 4.69) is 64.8 Å². The van der Waals surface area contributed by atoms with Gasteiger partial charge in [-0.05, 0) is 41.6 Å². The molecule has 0 spiro atoms. The zero-order valence-electron chi connectivity index (χ0n) is 12.7. The van der Waals surface area contributed by atoms with Crippen molar-refractivity contribution in [1.29, 1.82) is 0 Å². The molecule has 2 aliphatic rings. The largest absolute Gasteiger partial charge is 0.316 e. The van der Waals surface area contributed by atoms with Crippen LogP contribution in [0.5, 0.6) is 0 Å². The average molecular weight is 315 g/mol. The number of likely N-dealkylation sites (tertiary alicyclic amines) is 1. The Labute approximate surface area is 138 Å². The summed E-state index contributed by atoms with van der Waals surface area (Å²) < 4.78 is 0. The Morgan fingerprint density at radius 1 is 0.818 bits per heavy atom. The Kier molecular flexibility index (Phi) is 4.82. The fraction of sp³-hybridized carbons (Fsp3) is 0.368. The minimum absolute atomic E-state index is 0. The van der Waals surface area contributed by atoms with Gasteiger partial charge in [-0.2, -0.15) is 0 Å². The minimum atomic E-state index is 0. The normalized spacial score (nSPS) is 24.0. The van der Waals surface area contributed by atoms with E-state index in [1.807, 2.05) is 0 Å². The first-order valence-corrected chi connectivity index (χ1v) is 7.96. The lowest BCUT2D eigenvalue weighted by molar-refractivity contribution is 0.305. The van der Waals surface area contributed by atoms with Crippen LogP contribution in [0.3, 0.4) is 0 Å². The van der Waals surface area contributed by atoms with Crippen molar-refractivity contribution in [2.75, 3.05) is 26.2 Å². The maximum absolute atomic E-state index is 3.51. The second-order valence-electron chi connectivity index (χ2n) is 6.44. The third kappa shape index (κ3) is 3.19. The van der Waals surface area contributed by atoms with E-state index in [0.717, 1.165) is 18.4 Å². The van der Waals surface area contributed by atoms with Crippen molar-refractivity contribution in [3.8, 4) is 11.1 Å². The molecule has 2 nitrogen and oxygen atoms in total. The smallest absolute Gasteiger partial charge is 0.0233 e. The Bertz CT molecular complexity index is 585. The molecule has 2 atom stereocenters. The van der Waals surface area contributed by atoms with Crippen LogP contribution in [0.2, 0.25) is 0 Å². The molecule has 22 heavy (non-hydrogen) atoms. The molecule has 0 aromatic heterocycles. The van der Waals surface area contributed by atoms with Crippen molar-refractivity contribution in [1.82, 2.24) is 10.2 Å². The maximum Gasteiger partial charge on any atom is 0.0233 e. The van der Waals surface area contributed by atoms with Crippen LogP contribution >= 0.6 is 12.4 Å². The summed E-state index contributed by atoms with van der Waals surface area (Å²) in [6.45, 7) is 6.06. The average Bonchev–Trinajstić information content (AvgIpc) is 3.10. The van der Waals surface area contributed by atoms with Crippen LogP contribution in [-0.4, -0.2) is 31.1 Å². The maximum atomic E-state index is 3.51. The Hall–Kier alpha value is -1.35. The lowest BCUT2D eigenvalue weighted by atomic mass is 10.0.